The molecule has 5 heterocycles. The lowest BCUT2D eigenvalue weighted by atomic mass is 10.0. The molecule has 0 aliphatic heterocycles. The minimum Gasteiger partial charge on any atom is -0.340 e. The molecule has 7 aromatic rings. The number of Topliss-reactive ketones (excluding diaryl/α,β-unsaturated/α-hetero) is 4. The molecule has 0 fully saturated rings. The van der Waals surface area contributed by atoms with Crippen molar-refractivity contribution in [2.45, 2.75) is 0 Å². The lowest BCUT2D eigenvalue weighted by Crippen LogP contribution is -1.99. The number of rotatable bonds is 2. The number of thiophene rings is 3. The third kappa shape index (κ3) is 3.91. The van der Waals surface area contributed by atoms with Gasteiger partial charge < -0.3 is 9.13 Å². The van der Waals surface area contributed by atoms with Crippen molar-refractivity contribution in [3.63, 3.8) is 0 Å². The molecular weight excluding hydrogens is 701 g/mol. The van der Waals surface area contributed by atoms with E-state index in [0.717, 1.165) is 50.6 Å². The van der Waals surface area contributed by atoms with Gasteiger partial charge in [0.1, 0.15) is 12.1 Å². The van der Waals surface area contributed by atoms with E-state index in [4.69, 9.17) is 13.1 Å². The molecule has 9 rings (SSSR count). The average molecular weight is 715 g/mol. The minimum atomic E-state index is -0.475. The number of ketones is 4. The summed E-state index contributed by atoms with van der Waals surface area (Å²) < 4.78 is 8.30. The molecule has 13 heteroatoms. The van der Waals surface area contributed by atoms with E-state index >= 15 is 0 Å². The molecule has 0 N–H and O–H groups in total. The highest BCUT2D eigenvalue weighted by Gasteiger charge is 2.36. The largest absolute Gasteiger partial charge is 0.340 e. The van der Waals surface area contributed by atoms with E-state index in [1.807, 2.05) is 38.4 Å². The molecule has 0 saturated carbocycles. The van der Waals surface area contributed by atoms with E-state index < -0.39 is 23.1 Å². The molecule has 2 aliphatic carbocycles. The monoisotopic (exact) mass is 714 g/mol. The van der Waals surface area contributed by atoms with E-state index in [1.54, 1.807) is 23.5 Å². The zero-order valence-electron chi connectivity index (χ0n) is 26.2. The Bertz CT molecular complexity index is 2860. The van der Waals surface area contributed by atoms with Crippen molar-refractivity contribution in [1.82, 2.24) is 9.13 Å². The van der Waals surface area contributed by atoms with Crippen LogP contribution < -0.4 is 0 Å². The predicted octanol–water partition coefficient (Wildman–Crippen LogP) is 8.93. The predicted molar refractivity (Wildman–Crippen MR) is 196 cm³/mol. The molecule has 0 bridgehead atoms. The number of allylic oxidation sites excluding steroid dienone is 2. The number of fused-ring (bicyclic) bond motifs is 9. The van der Waals surface area contributed by atoms with Crippen molar-refractivity contribution >= 4 is 122 Å². The van der Waals surface area contributed by atoms with Crippen LogP contribution in [0.25, 0.3) is 62.7 Å². The highest BCUT2D eigenvalue weighted by atomic mass is 32.1. The first-order valence-corrected chi connectivity index (χ1v) is 17.5. The maximum atomic E-state index is 13.3. The summed E-state index contributed by atoms with van der Waals surface area (Å²) in [6.45, 7) is 14.7. The fourth-order valence-corrected chi connectivity index (χ4v) is 10.9. The molecule has 5 aromatic heterocycles. The van der Waals surface area contributed by atoms with Crippen molar-refractivity contribution in [2.75, 3.05) is 0 Å². The summed E-state index contributed by atoms with van der Waals surface area (Å²) in [6.07, 6.45) is 3.17. The van der Waals surface area contributed by atoms with Gasteiger partial charge in [-0.15, -0.1) is 34.0 Å². The normalized spacial score (nSPS) is 13.7. The standard InChI is InChI=1S/C38H14N6O4S3/c1-41-25-11-21-22(12-26(25)42-2)34(48)24(33(21)47)8-18-10-28-36(50-18)38-30(44(28)4)29-37(51-38)35-27(43(29)3)9-17(49-35)7-23-31(45)19-5-15(13-39)16(14-40)6-20(19)32(23)46/h5-12H,3-4H3. The number of carbonyl (C=O) groups excluding carboxylic acids is 4. The molecule has 0 unspecified atom stereocenters. The highest BCUT2D eigenvalue weighted by molar-refractivity contribution is 7.34. The van der Waals surface area contributed by atoms with Gasteiger partial charge in [-0.3, -0.25) is 28.9 Å². The average Bonchev–Trinajstić information content (AvgIpc) is 3.99. The second kappa shape index (κ2) is 10.4. The van der Waals surface area contributed by atoms with Crippen LogP contribution >= 0.6 is 34.0 Å². The van der Waals surface area contributed by atoms with Crippen molar-refractivity contribution < 1.29 is 19.2 Å². The minimum absolute atomic E-state index is 0.00229. The molecule has 0 amide bonds. The molecule has 0 atom stereocenters. The lowest BCUT2D eigenvalue weighted by Gasteiger charge is -1.99. The summed E-state index contributed by atoms with van der Waals surface area (Å²) in [4.78, 5) is 61.2. The summed E-state index contributed by atoms with van der Waals surface area (Å²) >= 11 is 4.56. The molecule has 238 valence electrons. The topological polar surface area (TPSA) is 134 Å². The Morgan fingerprint density at radius 1 is 0.588 bits per heavy atom. The number of carbonyl (C=O) groups is 4. The van der Waals surface area contributed by atoms with Crippen LogP contribution in [0.1, 0.15) is 62.3 Å². The lowest BCUT2D eigenvalue weighted by molar-refractivity contribution is 0.0975. The summed E-state index contributed by atoms with van der Waals surface area (Å²) in [5.74, 6) is -1.87. The molecule has 10 nitrogen and oxygen atoms in total. The summed E-state index contributed by atoms with van der Waals surface area (Å²) in [5.41, 5.74) is 4.68. The van der Waals surface area contributed by atoms with Crippen molar-refractivity contribution in [2.24, 2.45) is 14.1 Å². The quantitative estimate of drug-likeness (QED) is 0.0997. The van der Waals surface area contributed by atoms with Crippen LogP contribution in [-0.4, -0.2) is 32.3 Å². The van der Waals surface area contributed by atoms with Crippen LogP contribution in [0.4, 0.5) is 11.4 Å². The van der Waals surface area contributed by atoms with Crippen molar-refractivity contribution in [3.05, 3.63) is 114 Å². The number of nitrogens with zero attached hydrogens (tertiary/aromatic N) is 6. The number of hydrogen-bond donors (Lipinski definition) is 0. The SMILES string of the molecule is [C-]#[N+]c1cc2c(cc1[N+]#[C-])C(=O)C(=Cc1cc3c(s1)c1sc4c5sc(C=C6C(=O)c7cc(C#N)c(C#N)cc7C6=O)cc5n(C)c4c1n3C)C2=O. The molecule has 0 saturated heterocycles. The van der Waals surface area contributed by atoms with E-state index in [1.165, 1.54) is 46.9 Å². The fraction of sp³-hybridized carbons (Fsp3) is 0.0526. The van der Waals surface area contributed by atoms with Gasteiger partial charge in [-0.2, -0.15) is 10.5 Å². The first kappa shape index (κ1) is 30.3. The van der Waals surface area contributed by atoms with E-state index in [9.17, 15) is 29.7 Å². The van der Waals surface area contributed by atoms with Gasteiger partial charge in [0, 0.05) is 46.1 Å². The Labute approximate surface area is 298 Å². The van der Waals surface area contributed by atoms with Crippen molar-refractivity contribution in [3.8, 4) is 12.1 Å². The fourth-order valence-electron chi connectivity index (χ4n) is 6.98. The maximum Gasteiger partial charge on any atom is 0.197 e. The number of benzene rings is 2. The van der Waals surface area contributed by atoms with E-state index in [-0.39, 0.29) is 55.9 Å². The van der Waals surface area contributed by atoms with Gasteiger partial charge in [-0.25, -0.2) is 0 Å². The smallest absolute Gasteiger partial charge is 0.197 e. The Kier molecular flexibility index (Phi) is 6.17. The zero-order chi connectivity index (χ0) is 35.6. The zero-order valence-corrected chi connectivity index (χ0v) is 28.6. The van der Waals surface area contributed by atoms with Crippen LogP contribution in [0.15, 0.2) is 47.5 Å². The molecular formula is C38H14N6O4S3. The molecule has 51 heavy (non-hydrogen) atoms. The molecule has 2 aromatic carbocycles. The third-order valence-corrected chi connectivity index (χ3v) is 13.1. The van der Waals surface area contributed by atoms with E-state index in [2.05, 4.69) is 18.8 Å². The highest BCUT2D eigenvalue weighted by Crippen LogP contribution is 2.49. The van der Waals surface area contributed by atoms with Crippen molar-refractivity contribution in [1.29, 1.82) is 10.5 Å². The number of nitriles is 2. The second-order valence-electron chi connectivity index (χ2n) is 12.0. The molecule has 0 spiro atoms. The van der Waals surface area contributed by atoms with Gasteiger partial charge >= 0.3 is 0 Å². The Hall–Kier alpha value is -6.74. The van der Waals surface area contributed by atoms with Crippen LogP contribution in [0.2, 0.25) is 0 Å². The van der Waals surface area contributed by atoms with Gasteiger partial charge in [-0.05, 0) is 36.4 Å². The Morgan fingerprint density at radius 3 is 1.31 bits per heavy atom. The number of aryl methyl sites for hydroxylation is 2. The summed E-state index contributed by atoms with van der Waals surface area (Å²) in [7, 11) is 3.95. The number of hydrogen-bond acceptors (Lipinski definition) is 9. The summed E-state index contributed by atoms with van der Waals surface area (Å²) in [6, 6.07) is 13.0. The second-order valence-corrected chi connectivity index (χ2v) is 15.2. The number of aromatic nitrogens is 2. The molecule has 2 aliphatic rings. The first-order chi connectivity index (χ1) is 24.6. The van der Waals surface area contributed by atoms with E-state index in [0.29, 0.717) is 0 Å². The van der Waals surface area contributed by atoms with Gasteiger partial charge in [-0.1, -0.05) is 12.1 Å². The molecule has 0 radical (unpaired) electrons. The third-order valence-electron chi connectivity index (χ3n) is 9.41. The van der Waals surface area contributed by atoms with Gasteiger partial charge in [0.05, 0.1) is 76.3 Å². The van der Waals surface area contributed by atoms with Crippen LogP contribution in [-0.2, 0) is 14.1 Å². The Balaban J connectivity index is 1.12. The Morgan fingerprint density at radius 2 is 0.961 bits per heavy atom. The summed E-state index contributed by atoms with van der Waals surface area (Å²) in [5, 5.41) is 18.8. The first-order valence-electron chi connectivity index (χ1n) is 15.0. The van der Waals surface area contributed by atoms with Gasteiger partial charge in [0.25, 0.3) is 0 Å². The van der Waals surface area contributed by atoms with Crippen LogP contribution in [0.3, 0.4) is 0 Å². The van der Waals surface area contributed by atoms with Gasteiger partial charge in [0.15, 0.2) is 34.5 Å². The van der Waals surface area contributed by atoms with Crippen LogP contribution in [0.5, 0.6) is 0 Å². The van der Waals surface area contributed by atoms with Gasteiger partial charge in [0.2, 0.25) is 0 Å². The van der Waals surface area contributed by atoms with Crippen LogP contribution in [0, 0.1) is 35.8 Å². The maximum absolute atomic E-state index is 13.3.